The summed E-state index contributed by atoms with van der Waals surface area (Å²) in [5, 5.41) is 16.1. The fourth-order valence-corrected chi connectivity index (χ4v) is 5.43. The second kappa shape index (κ2) is 12.3. The number of carbonyl (C=O) groups excluding carboxylic acids is 2. The fraction of sp³-hybridized carbons (Fsp3) is 0.250. The summed E-state index contributed by atoms with van der Waals surface area (Å²) in [5.74, 6) is -0.726. The third kappa shape index (κ3) is 6.84. The van der Waals surface area contributed by atoms with E-state index in [1.165, 1.54) is 6.07 Å². The first-order chi connectivity index (χ1) is 19.1. The number of nitrogens with one attached hydrogen (secondary N) is 2. The molecule has 1 saturated heterocycles. The van der Waals surface area contributed by atoms with E-state index < -0.39 is 16.1 Å². The van der Waals surface area contributed by atoms with E-state index in [1.807, 2.05) is 15.9 Å². The molecule has 1 amide bonds. The molecule has 1 aliphatic heterocycles. The second-order valence-electron chi connectivity index (χ2n) is 9.32. The first kappa shape index (κ1) is 28.7. The minimum absolute atomic E-state index is 0.0131. The molecule has 1 fully saturated rings. The van der Waals surface area contributed by atoms with E-state index in [0.717, 1.165) is 5.69 Å². The molecule has 210 valence electrons. The Labute approximate surface area is 233 Å². The summed E-state index contributed by atoms with van der Waals surface area (Å²) >= 11 is 0. The molecule has 3 aromatic rings. The Morgan fingerprint density at radius 1 is 1.05 bits per heavy atom. The Morgan fingerprint density at radius 2 is 1.77 bits per heavy atom. The number of primary sulfonamides is 1. The maximum absolute atomic E-state index is 13.6. The van der Waals surface area contributed by atoms with Crippen molar-refractivity contribution in [2.75, 3.05) is 43.0 Å². The van der Waals surface area contributed by atoms with Gasteiger partial charge in [0.2, 0.25) is 15.9 Å². The molecule has 1 aliphatic rings. The normalized spacial score (nSPS) is 15.8. The average Bonchev–Trinajstić information content (AvgIpc) is 2.93. The van der Waals surface area contributed by atoms with Crippen molar-refractivity contribution in [3.8, 4) is 11.1 Å². The van der Waals surface area contributed by atoms with Crippen LogP contribution in [0.2, 0.25) is 0 Å². The number of rotatable bonds is 9. The van der Waals surface area contributed by atoms with Gasteiger partial charge in [0.15, 0.2) is 0 Å². The van der Waals surface area contributed by atoms with Crippen LogP contribution in [0.25, 0.3) is 11.1 Å². The molecule has 0 bridgehead atoms. The number of anilines is 2. The minimum atomic E-state index is -3.92. The molecule has 4 rings (SSSR count). The van der Waals surface area contributed by atoms with Gasteiger partial charge in [0.25, 0.3) is 0 Å². The largest absolute Gasteiger partial charge is 0.465 e. The zero-order valence-corrected chi connectivity index (χ0v) is 22.9. The van der Waals surface area contributed by atoms with Crippen molar-refractivity contribution in [1.29, 1.82) is 5.41 Å². The lowest BCUT2D eigenvalue weighted by molar-refractivity contribution is -0.144. The van der Waals surface area contributed by atoms with Gasteiger partial charge in [-0.3, -0.25) is 19.9 Å². The van der Waals surface area contributed by atoms with Crippen LogP contribution in [0.3, 0.4) is 0 Å². The Hall–Kier alpha value is -4.26. The average molecular weight is 565 g/mol. The summed E-state index contributed by atoms with van der Waals surface area (Å²) in [5.41, 5.74) is 8.57. The van der Waals surface area contributed by atoms with E-state index >= 15 is 0 Å². The van der Waals surface area contributed by atoms with Crippen LogP contribution in [-0.2, 0) is 24.3 Å². The van der Waals surface area contributed by atoms with Crippen LogP contribution in [0.1, 0.15) is 12.5 Å². The highest BCUT2D eigenvalue weighted by molar-refractivity contribution is 7.89. The minimum Gasteiger partial charge on any atom is -0.465 e. The molecule has 0 aromatic heterocycles. The van der Waals surface area contributed by atoms with Crippen LogP contribution in [0.15, 0.2) is 77.7 Å². The van der Waals surface area contributed by atoms with Crippen molar-refractivity contribution < 1.29 is 22.7 Å². The van der Waals surface area contributed by atoms with Gasteiger partial charge in [0, 0.05) is 42.1 Å². The molecule has 12 heteroatoms. The number of nitrogen functional groups attached to an aromatic ring is 1. The van der Waals surface area contributed by atoms with Crippen molar-refractivity contribution in [1.82, 2.24) is 4.90 Å². The summed E-state index contributed by atoms with van der Waals surface area (Å²) in [6, 6.07) is 19.7. The van der Waals surface area contributed by atoms with Crippen LogP contribution < -0.4 is 21.1 Å². The highest BCUT2D eigenvalue weighted by Crippen LogP contribution is 2.28. The molecule has 3 aromatic carbocycles. The van der Waals surface area contributed by atoms with Crippen molar-refractivity contribution in [2.45, 2.75) is 17.9 Å². The van der Waals surface area contributed by atoms with Gasteiger partial charge < -0.3 is 20.7 Å². The number of ether oxygens (including phenoxy) is 1. The number of amides is 1. The summed E-state index contributed by atoms with van der Waals surface area (Å²) in [6.45, 7) is 3.35. The molecule has 1 heterocycles. The van der Waals surface area contributed by atoms with Gasteiger partial charge in [-0.15, -0.1) is 0 Å². The van der Waals surface area contributed by atoms with Crippen LogP contribution in [0.4, 0.5) is 11.4 Å². The molecule has 0 aliphatic carbocycles. The van der Waals surface area contributed by atoms with Gasteiger partial charge in [-0.1, -0.05) is 42.5 Å². The van der Waals surface area contributed by atoms with E-state index in [1.54, 1.807) is 67.6 Å². The number of nitrogens with two attached hydrogens (primary N) is 2. The van der Waals surface area contributed by atoms with E-state index in [2.05, 4.69) is 5.32 Å². The summed E-state index contributed by atoms with van der Waals surface area (Å²) in [4.78, 5) is 29.6. The van der Waals surface area contributed by atoms with Gasteiger partial charge in [-0.2, -0.15) is 0 Å². The van der Waals surface area contributed by atoms with Crippen molar-refractivity contribution in [2.24, 2.45) is 10.9 Å². The molecule has 1 atom stereocenters. The summed E-state index contributed by atoms with van der Waals surface area (Å²) < 4.78 is 29.1. The molecule has 0 spiro atoms. The monoisotopic (exact) mass is 564 g/mol. The number of benzene rings is 3. The molecular weight excluding hydrogens is 532 g/mol. The van der Waals surface area contributed by atoms with E-state index in [0.29, 0.717) is 35.5 Å². The Kier molecular flexibility index (Phi) is 8.83. The van der Waals surface area contributed by atoms with Crippen LogP contribution in [0.5, 0.6) is 0 Å². The predicted octanol–water partition coefficient (Wildman–Crippen LogP) is 1.98. The van der Waals surface area contributed by atoms with E-state index in [-0.39, 0.29) is 42.3 Å². The summed E-state index contributed by atoms with van der Waals surface area (Å²) in [6.07, 6.45) is 0. The number of carbonyl (C=O) groups is 2. The number of sulfonamides is 1. The molecule has 1 unspecified atom stereocenters. The zero-order chi connectivity index (χ0) is 28.9. The number of esters is 1. The first-order valence-electron chi connectivity index (χ1n) is 12.7. The second-order valence-corrected chi connectivity index (χ2v) is 10.9. The van der Waals surface area contributed by atoms with Crippen LogP contribution >= 0.6 is 0 Å². The number of piperazine rings is 1. The highest BCUT2D eigenvalue weighted by atomic mass is 32.2. The molecule has 40 heavy (non-hydrogen) atoms. The fourth-order valence-electron chi connectivity index (χ4n) is 4.67. The summed E-state index contributed by atoms with van der Waals surface area (Å²) in [7, 11) is -3.92. The molecule has 11 nitrogen and oxygen atoms in total. The van der Waals surface area contributed by atoms with Crippen LogP contribution in [-0.4, -0.2) is 69.9 Å². The third-order valence-corrected chi connectivity index (χ3v) is 7.54. The molecule has 6 N–H and O–H groups in total. The van der Waals surface area contributed by atoms with Gasteiger partial charge in [-0.25, -0.2) is 13.6 Å². The number of hydrogen-bond acceptors (Lipinski definition) is 8. The maximum atomic E-state index is 13.6. The lowest BCUT2D eigenvalue weighted by atomic mass is 10.0. The Morgan fingerprint density at radius 3 is 2.45 bits per heavy atom. The molecular formula is C28H32N6O5S. The van der Waals surface area contributed by atoms with E-state index in [4.69, 9.17) is 21.0 Å². The van der Waals surface area contributed by atoms with Crippen LogP contribution in [0, 0.1) is 5.41 Å². The van der Waals surface area contributed by atoms with Crippen molar-refractivity contribution in [3.63, 3.8) is 0 Å². The molecule has 0 radical (unpaired) electrons. The quantitative estimate of drug-likeness (QED) is 0.174. The standard InChI is InChI=1S/C28H32N6O5S/c1-2-39-26(35)18-33-14-15-34(22-7-5-6-20(16-22)27(29)30)24(17-33)28(36)32-21-12-10-19(11-13-21)23-8-3-4-9-25(23)40(31,37)38/h3-13,16,24H,2,14-15,17-18H2,1H3,(H3,29,30)(H,32,36)(H2,31,37,38). The first-order valence-corrected chi connectivity index (χ1v) is 14.2. The van der Waals surface area contributed by atoms with Crippen molar-refractivity contribution in [3.05, 3.63) is 78.4 Å². The van der Waals surface area contributed by atoms with Gasteiger partial charge in [-0.05, 0) is 42.8 Å². The highest BCUT2D eigenvalue weighted by Gasteiger charge is 2.34. The van der Waals surface area contributed by atoms with Gasteiger partial charge in [0.1, 0.15) is 11.9 Å². The van der Waals surface area contributed by atoms with Gasteiger partial charge >= 0.3 is 5.97 Å². The predicted molar refractivity (Wildman–Crippen MR) is 154 cm³/mol. The maximum Gasteiger partial charge on any atom is 0.320 e. The smallest absolute Gasteiger partial charge is 0.320 e. The Balaban J connectivity index is 1.57. The lowest BCUT2D eigenvalue weighted by Gasteiger charge is -2.41. The zero-order valence-electron chi connectivity index (χ0n) is 22.0. The number of hydrogen-bond donors (Lipinski definition) is 4. The lowest BCUT2D eigenvalue weighted by Crippen LogP contribution is -2.58. The third-order valence-electron chi connectivity index (χ3n) is 6.57. The topological polar surface area (TPSA) is 172 Å². The molecule has 0 saturated carbocycles. The Bertz CT molecular complexity index is 1510. The SMILES string of the molecule is CCOC(=O)CN1CCN(c2cccc(C(=N)N)c2)C(C(=O)Nc2ccc(-c3ccccc3S(N)(=O)=O)cc2)C1. The van der Waals surface area contributed by atoms with Crippen molar-refractivity contribution >= 4 is 39.1 Å². The number of amidine groups is 1. The van der Waals surface area contributed by atoms with Gasteiger partial charge in [0.05, 0.1) is 18.0 Å². The van der Waals surface area contributed by atoms with E-state index in [9.17, 15) is 18.0 Å². The number of nitrogens with zero attached hydrogens (tertiary/aromatic N) is 2.